The SMILES string of the molecule is C=CC=Cc1cn(C2=CC(c3cccc([SiH](C(=C)C=CC=CC)c4ccccc4)c3)=CCC2)c2ccccc12. The van der Waals surface area contributed by atoms with Crippen molar-refractivity contribution < 1.29 is 0 Å². The summed E-state index contributed by atoms with van der Waals surface area (Å²) in [6.07, 6.45) is 23.4. The van der Waals surface area contributed by atoms with E-state index in [0.717, 1.165) is 12.8 Å². The summed E-state index contributed by atoms with van der Waals surface area (Å²) >= 11 is 0. The van der Waals surface area contributed by atoms with Gasteiger partial charge in [-0.3, -0.25) is 0 Å². The van der Waals surface area contributed by atoms with Crippen molar-refractivity contribution in [2.45, 2.75) is 19.8 Å². The number of fused-ring (bicyclic) bond motifs is 1. The molecule has 0 aliphatic heterocycles. The number of aromatic nitrogens is 1. The molecule has 0 fully saturated rings. The van der Waals surface area contributed by atoms with E-state index in [9.17, 15) is 0 Å². The Labute approximate surface area is 234 Å². The van der Waals surface area contributed by atoms with E-state index in [1.165, 1.54) is 48.9 Å². The molecule has 1 aromatic heterocycles. The zero-order valence-electron chi connectivity index (χ0n) is 22.6. The standard InChI is InChI=1S/C37H35NSi/c1-4-6-9-16-29(3)39(34-21-10-8-11-22-34)35-23-15-19-31(27-35)30-18-14-20-33(26-30)38-28-32(17-7-5-2)36-24-12-13-25-37(36)38/h4-13,15-19,21-28,39H,2-3,14,20H2,1H3. The first-order valence-corrected chi connectivity index (χ1v) is 15.4. The average molecular weight is 522 g/mol. The lowest BCUT2D eigenvalue weighted by Gasteiger charge is -2.20. The Bertz CT molecular complexity index is 1640. The molecule has 0 radical (unpaired) electrons. The summed E-state index contributed by atoms with van der Waals surface area (Å²) in [7, 11) is -1.67. The van der Waals surface area contributed by atoms with Crippen LogP contribution in [0.5, 0.6) is 0 Å². The molecule has 0 N–H and O–H groups in total. The summed E-state index contributed by atoms with van der Waals surface area (Å²) in [5.74, 6) is 0. The molecule has 39 heavy (non-hydrogen) atoms. The Morgan fingerprint density at radius 3 is 2.51 bits per heavy atom. The molecule has 0 amide bonds. The molecule has 1 unspecified atom stereocenters. The van der Waals surface area contributed by atoms with E-state index < -0.39 is 8.80 Å². The molecule has 2 heteroatoms. The van der Waals surface area contributed by atoms with Crippen LogP contribution in [0, 0.1) is 0 Å². The fourth-order valence-corrected chi connectivity index (χ4v) is 8.18. The Hall–Kier alpha value is -4.40. The summed E-state index contributed by atoms with van der Waals surface area (Å²) in [6, 6.07) is 28.7. The molecule has 1 aliphatic rings. The highest BCUT2D eigenvalue weighted by molar-refractivity contribution is 6.91. The summed E-state index contributed by atoms with van der Waals surface area (Å²) in [5.41, 5.74) is 6.33. The second-order valence-electron chi connectivity index (χ2n) is 9.83. The van der Waals surface area contributed by atoms with E-state index >= 15 is 0 Å². The lowest BCUT2D eigenvalue weighted by molar-refractivity contribution is 0.966. The Morgan fingerprint density at radius 1 is 0.897 bits per heavy atom. The Balaban J connectivity index is 1.53. The highest BCUT2D eigenvalue weighted by atomic mass is 28.3. The lowest BCUT2D eigenvalue weighted by Crippen LogP contribution is -2.43. The lowest BCUT2D eigenvalue weighted by atomic mass is 9.97. The van der Waals surface area contributed by atoms with Gasteiger partial charge in [0.05, 0.1) is 5.52 Å². The predicted molar refractivity (Wildman–Crippen MR) is 175 cm³/mol. The van der Waals surface area contributed by atoms with Crippen molar-refractivity contribution in [3.05, 3.63) is 163 Å². The number of allylic oxidation sites excluding steroid dienone is 11. The van der Waals surface area contributed by atoms with Gasteiger partial charge in [0.15, 0.2) is 0 Å². The van der Waals surface area contributed by atoms with Crippen LogP contribution in [0.3, 0.4) is 0 Å². The minimum absolute atomic E-state index is 1.01. The van der Waals surface area contributed by atoms with Crippen LogP contribution in [-0.4, -0.2) is 13.4 Å². The maximum atomic E-state index is 4.53. The van der Waals surface area contributed by atoms with Gasteiger partial charge < -0.3 is 4.57 Å². The molecular weight excluding hydrogens is 487 g/mol. The van der Waals surface area contributed by atoms with Gasteiger partial charge in [-0.1, -0.05) is 150 Å². The molecule has 0 saturated carbocycles. The third kappa shape index (κ3) is 5.87. The zero-order valence-corrected chi connectivity index (χ0v) is 23.8. The van der Waals surface area contributed by atoms with Crippen molar-refractivity contribution >= 4 is 47.4 Å². The van der Waals surface area contributed by atoms with E-state index in [0.29, 0.717) is 0 Å². The monoisotopic (exact) mass is 521 g/mol. The minimum Gasteiger partial charge on any atom is -0.320 e. The van der Waals surface area contributed by atoms with Crippen LogP contribution < -0.4 is 10.4 Å². The fraction of sp³-hybridized carbons (Fsp3) is 0.0811. The summed E-state index contributed by atoms with van der Waals surface area (Å²) < 4.78 is 2.37. The summed E-state index contributed by atoms with van der Waals surface area (Å²) in [6.45, 7) is 10.4. The van der Waals surface area contributed by atoms with E-state index in [-0.39, 0.29) is 0 Å². The van der Waals surface area contributed by atoms with Gasteiger partial charge in [0.25, 0.3) is 0 Å². The molecular formula is C37H35NSi. The summed E-state index contributed by atoms with van der Waals surface area (Å²) in [5, 5.41) is 5.25. The van der Waals surface area contributed by atoms with Gasteiger partial charge in [0, 0.05) is 22.8 Å². The number of benzene rings is 3. The Kier molecular flexibility index (Phi) is 8.35. The van der Waals surface area contributed by atoms with Gasteiger partial charge >= 0.3 is 0 Å². The predicted octanol–water partition coefficient (Wildman–Crippen LogP) is 8.13. The first-order chi connectivity index (χ1) is 19.2. The van der Waals surface area contributed by atoms with Gasteiger partial charge in [-0.25, -0.2) is 0 Å². The molecule has 1 aliphatic carbocycles. The number of rotatable bonds is 9. The molecule has 1 atom stereocenters. The van der Waals surface area contributed by atoms with Crippen molar-refractivity contribution in [1.82, 2.24) is 4.57 Å². The number of para-hydroxylation sites is 1. The van der Waals surface area contributed by atoms with Crippen molar-refractivity contribution in [3.8, 4) is 0 Å². The van der Waals surface area contributed by atoms with E-state index in [2.05, 4.69) is 145 Å². The quantitative estimate of drug-likeness (QED) is 0.155. The number of hydrogen-bond acceptors (Lipinski definition) is 0. The first-order valence-electron chi connectivity index (χ1n) is 13.6. The second-order valence-corrected chi connectivity index (χ2v) is 12.8. The summed E-state index contributed by atoms with van der Waals surface area (Å²) in [4.78, 5) is 0. The molecule has 0 spiro atoms. The van der Waals surface area contributed by atoms with Crippen molar-refractivity contribution in [3.63, 3.8) is 0 Å². The molecule has 0 bridgehead atoms. The van der Waals surface area contributed by atoms with Crippen LogP contribution in [-0.2, 0) is 0 Å². The number of hydrogen-bond donors (Lipinski definition) is 0. The number of nitrogens with zero attached hydrogens (tertiary/aromatic N) is 1. The highest BCUT2D eigenvalue weighted by Gasteiger charge is 2.20. The third-order valence-electron chi connectivity index (χ3n) is 7.22. The largest absolute Gasteiger partial charge is 0.320 e. The topological polar surface area (TPSA) is 4.93 Å². The van der Waals surface area contributed by atoms with Crippen molar-refractivity contribution in [2.24, 2.45) is 0 Å². The molecule has 1 nitrogen and oxygen atoms in total. The van der Waals surface area contributed by atoms with E-state index in [1.54, 1.807) is 0 Å². The molecule has 0 saturated heterocycles. The second kappa shape index (κ2) is 12.4. The van der Waals surface area contributed by atoms with E-state index in [1.807, 2.05) is 19.1 Å². The van der Waals surface area contributed by atoms with Gasteiger partial charge in [0.1, 0.15) is 8.80 Å². The van der Waals surface area contributed by atoms with Crippen LogP contribution in [0.25, 0.3) is 28.2 Å². The fourth-order valence-electron chi connectivity index (χ4n) is 5.38. The molecule has 192 valence electrons. The molecule has 3 aromatic carbocycles. The van der Waals surface area contributed by atoms with Crippen LogP contribution >= 0.6 is 0 Å². The van der Waals surface area contributed by atoms with E-state index in [4.69, 9.17) is 0 Å². The van der Waals surface area contributed by atoms with Crippen molar-refractivity contribution in [1.29, 1.82) is 0 Å². The van der Waals surface area contributed by atoms with Crippen molar-refractivity contribution in [2.75, 3.05) is 0 Å². The molecule has 4 aromatic rings. The van der Waals surface area contributed by atoms with Crippen LogP contribution in [0.1, 0.15) is 30.9 Å². The minimum atomic E-state index is -1.67. The average Bonchev–Trinajstić information content (AvgIpc) is 3.36. The zero-order chi connectivity index (χ0) is 27.0. The maximum absolute atomic E-state index is 4.53. The van der Waals surface area contributed by atoms with Crippen LogP contribution in [0.4, 0.5) is 0 Å². The third-order valence-corrected chi connectivity index (χ3v) is 10.2. The highest BCUT2D eigenvalue weighted by Crippen LogP contribution is 2.32. The molecule has 5 rings (SSSR count). The smallest absolute Gasteiger partial charge is 0.132 e. The van der Waals surface area contributed by atoms with Gasteiger partial charge in [-0.15, -0.1) is 0 Å². The normalized spacial score (nSPS) is 14.7. The molecule has 1 heterocycles. The Morgan fingerprint density at radius 2 is 1.69 bits per heavy atom. The van der Waals surface area contributed by atoms with Gasteiger partial charge in [-0.2, -0.15) is 0 Å². The van der Waals surface area contributed by atoms with Crippen LogP contribution in [0.2, 0.25) is 0 Å². The van der Waals surface area contributed by atoms with Gasteiger partial charge in [-0.05, 0) is 43.0 Å². The van der Waals surface area contributed by atoms with Gasteiger partial charge in [0.2, 0.25) is 0 Å². The first kappa shape index (κ1) is 26.2. The maximum Gasteiger partial charge on any atom is 0.132 e. The van der Waals surface area contributed by atoms with Crippen LogP contribution in [0.15, 0.2) is 152 Å².